The summed E-state index contributed by atoms with van der Waals surface area (Å²) < 4.78 is 12.9. The number of aliphatic imine (C=N–C) groups is 1. The van der Waals surface area contributed by atoms with Gasteiger partial charge in [-0.15, -0.1) is 0 Å². The molecule has 0 unspecified atom stereocenters. The molecule has 1 aromatic heterocycles. The molecule has 5 heteroatoms. The quantitative estimate of drug-likeness (QED) is 0.850. The molecule has 0 radical (unpaired) electrons. The van der Waals surface area contributed by atoms with Crippen LogP contribution in [0.1, 0.15) is 35.3 Å². The summed E-state index contributed by atoms with van der Waals surface area (Å²) in [6, 6.07) is 5.91. The van der Waals surface area contributed by atoms with Crippen LogP contribution in [0.4, 0.5) is 4.39 Å². The molecule has 0 fully saturated rings. The van der Waals surface area contributed by atoms with Gasteiger partial charge < -0.3 is 10.2 Å². The predicted octanol–water partition coefficient (Wildman–Crippen LogP) is 2.91. The Morgan fingerprint density at radius 2 is 2.00 bits per heavy atom. The van der Waals surface area contributed by atoms with E-state index in [1.165, 1.54) is 24.5 Å². The van der Waals surface area contributed by atoms with E-state index < -0.39 is 0 Å². The Morgan fingerprint density at radius 3 is 2.62 bits per heavy atom. The van der Waals surface area contributed by atoms with Gasteiger partial charge in [0.25, 0.3) is 0 Å². The summed E-state index contributed by atoms with van der Waals surface area (Å²) in [5.41, 5.74) is 2.30. The molecule has 4 nitrogen and oxygen atoms in total. The molecule has 0 saturated carbocycles. The number of rotatable bonds is 4. The maximum Gasteiger partial charge on any atom is 0.145 e. The van der Waals surface area contributed by atoms with Crippen molar-refractivity contribution in [2.45, 2.75) is 26.5 Å². The standard InChI is InChI=1S/C16H17FN2O2/c1-10(12-3-5-14(17)6-4-12)19-8-15-13(9-20)7-18-11(2)16(15)21/h3-8,10,20-21H,9H2,1-2H3/t10-/m0/s1. The molecular formula is C16H17FN2O2. The summed E-state index contributed by atoms with van der Waals surface area (Å²) in [7, 11) is 0. The highest BCUT2D eigenvalue weighted by Crippen LogP contribution is 2.23. The molecule has 1 atom stereocenters. The molecule has 0 aliphatic rings. The highest BCUT2D eigenvalue weighted by atomic mass is 19.1. The number of aliphatic hydroxyl groups excluding tert-OH is 1. The fourth-order valence-electron chi connectivity index (χ4n) is 1.94. The SMILES string of the molecule is Cc1ncc(CO)c(C=N[C@@H](C)c2ccc(F)cc2)c1O. The lowest BCUT2D eigenvalue weighted by atomic mass is 10.1. The lowest BCUT2D eigenvalue weighted by Gasteiger charge is -2.09. The minimum Gasteiger partial charge on any atom is -0.505 e. The van der Waals surface area contributed by atoms with Gasteiger partial charge in [0, 0.05) is 23.5 Å². The molecule has 0 aliphatic heterocycles. The molecule has 0 amide bonds. The second-order valence-corrected chi connectivity index (χ2v) is 4.79. The summed E-state index contributed by atoms with van der Waals surface area (Å²) >= 11 is 0. The largest absolute Gasteiger partial charge is 0.505 e. The number of halogens is 1. The van der Waals surface area contributed by atoms with E-state index in [4.69, 9.17) is 0 Å². The van der Waals surface area contributed by atoms with Gasteiger partial charge in [-0.2, -0.15) is 0 Å². The Morgan fingerprint density at radius 1 is 1.33 bits per heavy atom. The van der Waals surface area contributed by atoms with Crippen LogP contribution in [-0.4, -0.2) is 21.4 Å². The molecule has 1 aromatic carbocycles. The van der Waals surface area contributed by atoms with Crippen molar-refractivity contribution in [3.8, 4) is 5.75 Å². The Labute approximate surface area is 122 Å². The Balaban J connectivity index is 2.28. The van der Waals surface area contributed by atoms with E-state index in [1.807, 2.05) is 6.92 Å². The number of hydrogen-bond donors (Lipinski definition) is 2. The Hall–Kier alpha value is -2.27. The highest BCUT2D eigenvalue weighted by Gasteiger charge is 2.10. The molecular weight excluding hydrogens is 271 g/mol. The molecule has 0 bridgehead atoms. The van der Waals surface area contributed by atoms with Crippen molar-refractivity contribution in [1.82, 2.24) is 4.98 Å². The van der Waals surface area contributed by atoms with Crippen LogP contribution in [0, 0.1) is 12.7 Å². The molecule has 110 valence electrons. The maximum absolute atomic E-state index is 12.9. The topological polar surface area (TPSA) is 65.7 Å². The predicted molar refractivity (Wildman–Crippen MR) is 79.0 cm³/mol. The third kappa shape index (κ3) is 3.44. The lowest BCUT2D eigenvalue weighted by Crippen LogP contribution is -1.99. The zero-order valence-electron chi connectivity index (χ0n) is 11.9. The van der Waals surface area contributed by atoms with Crippen LogP contribution >= 0.6 is 0 Å². The van der Waals surface area contributed by atoms with Crippen molar-refractivity contribution in [2.24, 2.45) is 4.99 Å². The first-order valence-corrected chi connectivity index (χ1v) is 6.60. The molecule has 1 heterocycles. The van der Waals surface area contributed by atoms with Gasteiger partial charge in [0.2, 0.25) is 0 Å². The monoisotopic (exact) mass is 288 g/mol. The maximum atomic E-state index is 12.9. The average Bonchev–Trinajstić information content (AvgIpc) is 2.49. The van der Waals surface area contributed by atoms with Gasteiger partial charge >= 0.3 is 0 Å². The van der Waals surface area contributed by atoms with Crippen molar-refractivity contribution in [3.63, 3.8) is 0 Å². The van der Waals surface area contributed by atoms with Crippen LogP contribution in [0.3, 0.4) is 0 Å². The summed E-state index contributed by atoms with van der Waals surface area (Å²) in [6.07, 6.45) is 3.03. The number of hydrogen-bond acceptors (Lipinski definition) is 4. The summed E-state index contributed by atoms with van der Waals surface area (Å²) in [6.45, 7) is 3.32. The van der Waals surface area contributed by atoms with E-state index in [1.54, 1.807) is 19.1 Å². The van der Waals surface area contributed by atoms with Gasteiger partial charge in [-0.1, -0.05) is 12.1 Å². The number of aliphatic hydroxyl groups is 1. The Kier molecular flexibility index (Phi) is 4.65. The van der Waals surface area contributed by atoms with Crippen LogP contribution in [0.15, 0.2) is 35.5 Å². The second kappa shape index (κ2) is 6.45. The summed E-state index contributed by atoms with van der Waals surface area (Å²) in [5, 5.41) is 19.3. The number of pyridine rings is 1. The molecule has 0 aliphatic carbocycles. The molecule has 0 saturated heterocycles. The normalized spacial score (nSPS) is 12.8. The first-order chi connectivity index (χ1) is 10.0. The second-order valence-electron chi connectivity index (χ2n) is 4.79. The van der Waals surface area contributed by atoms with Crippen molar-refractivity contribution >= 4 is 6.21 Å². The van der Waals surface area contributed by atoms with E-state index in [-0.39, 0.29) is 24.2 Å². The minimum atomic E-state index is -0.292. The number of benzene rings is 1. The fourth-order valence-corrected chi connectivity index (χ4v) is 1.94. The van der Waals surface area contributed by atoms with Crippen molar-refractivity contribution in [3.05, 3.63) is 58.7 Å². The molecule has 2 rings (SSSR count). The third-order valence-electron chi connectivity index (χ3n) is 3.31. The minimum absolute atomic E-state index is 0.0107. The van der Waals surface area contributed by atoms with Crippen LogP contribution in [0.25, 0.3) is 0 Å². The first kappa shape index (κ1) is 15.1. The van der Waals surface area contributed by atoms with Gasteiger partial charge in [0.1, 0.15) is 11.6 Å². The highest BCUT2D eigenvalue weighted by molar-refractivity contribution is 5.85. The van der Waals surface area contributed by atoms with Crippen LogP contribution in [0.2, 0.25) is 0 Å². The van der Waals surface area contributed by atoms with Gasteiger partial charge in [0.15, 0.2) is 0 Å². The number of aromatic hydroxyl groups is 1. The van der Waals surface area contributed by atoms with Crippen molar-refractivity contribution < 1.29 is 14.6 Å². The molecule has 0 spiro atoms. The van der Waals surface area contributed by atoms with Gasteiger partial charge in [-0.3, -0.25) is 9.98 Å². The zero-order chi connectivity index (χ0) is 15.4. The van der Waals surface area contributed by atoms with Crippen LogP contribution in [0.5, 0.6) is 5.75 Å². The van der Waals surface area contributed by atoms with Gasteiger partial charge in [-0.05, 0) is 31.5 Å². The van der Waals surface area contributed by atoms with Crippen molar-refractivity contribution in [1.29, 1.82) is 0 Å². The van der Waals surface area contributed by atoms with E-state index in [9.17, 15) is 14.6 Å². The molecule has 21 heavy (non-hydrogen) atoms. The van der Waals surface area contributed by atoms with Gasteiger partial charge in [-0.25, -0.2) is 4.39 Å². The fraction of sp³-hybridized carbons (Fsp3) is 0.250. The van der Waals surface area contributed by atoms with E-state index in [2.05, 4.69) is 9.98 Å². The molecule has 2 N–H and O–H groups in total. The van der Waals surface area contributed by atoms with Gasteiger partial charge in [0.05, 0.1) is 18.3 Å². The summed E-state index contributed by atoms with van der Waals surface area (Å²) in [4.78, 5) is 8.35. The van der Waals surface area contributed by atoms with E-state index >= 15 is 0 Å². The van der Waals surface area contributed by atoms with Crippen molar-refractivity contribution in [2.75, 3.05) is 0 Å². The summed E-state index contributed by atoms with van der Waals surface area (Å²) in [5.74, 6) is -0.281. The smallest absolute Gasteiger partial charge is 0.145 e. The number of aromatic nitrogens is 1. The molecule has 2 aromatic rings. The van der Waals surface area contributed by atoms with Crippen LogP contribution < -0.4 is 0 Å². The van der Waals surface area contributed by atoms with Crippen LogP contribution in [-0.2, 0) is 6.61 Å². The van der Waals surface area contributed by atoms with E-state index in [0.29, 0.717) is 16.8 Å². The van der Waals surface area contributed by atoms with E-state index in [0.717, 1.165) is 5.56 Å². The number of aryl methyl sites for hydroxylation is 1. The first-order valence-electron chi connectivity index (χ1n) is 6.60. The Bertz CT molecular complexity index is 654. The zero-order valence-corrected chi connectivity index (χ0v) is 11.9. The third-order valence-corrected chi connectivity index (χ3v) is 3.31. The number of nitrogens with zero attached hydrogens (tertiary/aromatic N) is 2. The average molecular weight is 288 g/mol. The lowest BCUT2D eigenvalue weighted by molar-refractivity contribution is 0.280.